The van der Waals surface area contributed by atoms with Gasteiger partial charge >= 0.3 is 0 Å². The van der Waals surface area contributed by atoms with E-state index < -0.39 is 0 Å². The molecule has 0 aliphatic carbocycles. The summed E-state index contributed by atoms with van der Waals surface area (Å²) in [6, 6.07) is 18.0. The van der Waals surface area contributed by atoms with Crippen LogP contribution < -0.4 is 4.74 Å². The highest BCUT2D eigenvalue weighted by Gasteiger charge is 2.26. The van der Waals surface area contributed by atoms with Crippen LogP contribution in [0.25, 0.3) is 0 Å². The zero-order valence-electron chi connectivity index (χ0n) is 13.6. The predicted octanol–water partition coefficient (Wildman–Crippen LogP) is 4.25. The molecule has 1 aliphatic heterocycles. The number of hydrogen-bond donors (Lipinski definition) is 0. The van der Waals surface area contributed by atoms with Gasteiger partial charge in [-0.15, -0.1) is 0 Å². The Morgan fingerprint density at radius 1 is 1.09 bits per heavy atom. The molecule has 0 radical (unpaired) electrons. The predicted molar refractivity (Wildman–Crippen MR) is 91.4 cm³/mol. The molecule has 22 heavy (non-hydrogen) atoms. The van der Waals surface area contributed by atoms with Crippen molar-refractivity contribution in [1.82, 2.24) is 4.90 Å². The van der Waals surface area contributed by atoms with E-state index in [9.17, 15) is 0 Å². The number of fused-ring (bicyclic) bond motifs is 1. The van der Waals surface area contributed by atoms with Gasteiger partial charge in [-0.25, -0.2) is 0 Å². The van der Waals surface area contributed by atoms with Gasteiger partial charge in [0.15, 0.2) is 0 Å². The second kappa shape index (κ2) is 6.97. The fourth-order valence-corrected chi connectivity index (χ4v) is 3.48. The summed E-state index contributed by atoms with van der Waals surface area (Å²) >= 11 is 0. The first-order chi connectivity index (χ1) is 10.8. The van der Waals surface area contributed by atoms with E-state index in [4.69, 9.17) is 4.74 Å². The number of hydrogen-bond acceptors (Lipinski definition) is 2. The Hall–Kier alpha value is -1.80. The number of methoxy groups -OCH3 is 1. The lowest BCUT2D eigenvalue weighted by Crippen LogP contribution is -2.37. The molecular weight excluding hydrogens is 270 g/mol. The lowest BCUT2D eigenvalue weighted by atomic mass is 9.88. The van der Waals surface area contributed by atoms with E-state index in [0.717, 1.165) is 12.2 Å². The summed E-state index contributed by atoms with van der Waals surface area (Å²) in [4.78, 5) is 2.65. The van der Waals surface area contributed by atoms with Crippen LogP contribution in [-0.4, -0.2) is 25.1 Å². The molecule has 2 heteroatoms. The smallest absolute Gasteiger partial charge is 0.118 e. The number of rotatable bonds is 5. The lowest BCUT2D eigenvalue weighted by molar-refractivity contribution is 0.184. The van der Waals surface area contributed by atoms with Gasteiger partial charge in [0.05, 0.1) is 7.11 Å². The number of nitrogens with zero attached hydrogens (tertiary/aromatic N) is 1. The Labute approximate surface area is 133 Å². The average molecular weight is 295 g/mol. The molecular formula is C20H25NO. The summed E-state index contributed by atoms with van der Waals surface area (Å²) in [5, 5.41) is 0. The van der Waals surface area contributed by atoms with Crippen molar-refractivity contribution in [2.24, 2.45) is 0 Å². The van der Waals surface area contributed by atoms with Crippen LogP contribution in [0, 0.1) is 0 Å². The molecule has 0 N–H and O–H groups in total. The van der Waals surface area contributed by atoms with Gasteiger partial charge in [0.25, 0.3) is 0 Å². The van der Waals surface area contributed by atoms with E-state index in [-0.39, 0.29) is 0 Å². The molecule has 0 saturated heterocycles. The topological polar surface area (TPSA) is 12.5 Å². The highest BCUT2D eigenvalue weighted by molar-refractivity contribution is 5.35. The van der Waals surface area contributed by atoms with Crippen molar-refractivity contribution < 1.29 is 4.74 Å². The minimum Gasteiger partial charge on any atom is -0.497 e. The number of ether oxygens (including phenoxy) is 1. The van der Waals surface area contributed by atoms with Gasteiger partial charge in [-0.05, 0) is 54.6 Å². The molecule has 3 rings (SSSR count). The molecule has 1 unspecified atom stereocenters. The maximum atomic E-state index is 5.26. The fourth-order valence-electron chi connectivity index (χ4n) is 3.48. The largest absolute Gasteiger partial charge is 0.497 e. The normalized spacial score (nSPS) is 18.0. The first-order valence-corrected chi connectivity index (χ1v) is 8.26. The van der Waals surface area contributed by atoms with E-state index in [1.165, 1.54) is 42.6 Å². The maximum Gasteiger partial charge on any atom is 0.118 e. The third kappa shape index (κ3) is 3.17. The Bertz CT molecular complexity index is 605. The van der Waals surface area contributed by atoms with Gasteiger partial charge in [-0.2, -0.15) is 0 Å². The molecule has 0 fully saturated rings. The molecule has 0 spiro atoms. The molecule has 1 atom stereocenters. The van der Waals surface area contributed by atoms with Gasteiger partial charge < -0.3 is 4.74 Å². The Morgan fingerprint density at radius 3 is 2.59 bits per heavy atom. The second-order valence-corrected chi connectivity index (χ2v) is 6.05. The van der Waals surface area contributed by atoms with Crippen LogP contribution in [0.5, 0.6) is 5.75 Å². The Balaban J connectivity index is 1.86. The molecule has 0 aromatic heterocycles. The highest BCUT2D eigenvalue weighted by atomic mass is 16.5. The third-order valence-corrected chi connectivity index (χ3v) is 4.62. The quantitative estimate of drug-likeness (QED) is 0.817. The summed E-state index contributed by atoms with van der Waals surface area (Å²) in [7, 11) is 1.72. The standard InChI is InChI=1S/C20H25NO/c1-3-13-21-14-12-17-6-4-5-7-19(17)20(21)15-16-8-10-18(22-2)11-9-16/h4-11,20H,3,12-15H2,1-2H3. The summed E-state index contributed by atoms with van der Waals surface area (Å²) in [5.74, 6) is 0.929. The van der Waals surface area contributed by atoms with Crippen LogP contribution in [0.4, 0.5) is 0 Å². The zero-order valence-corrected chi connectivity index (χ0v) is 13.6. The van der Waals surface area contributed by atoms with Crippen molar-refractivity contribution in [3.63, 3.8) is 0 Å². The molecule has 0 bridgehead atoms. The van der Waals surface area contributed by atoms with E-state index in [1.54, 1.807) is 7.11 Å². The van der Waals surface area contributed by atoms with Crippen molar-refractivity contribution in [1.29, 1.82) is 0 Å². The van der Waals surface area contributed by atoms with Crippen LogP contribution >= 0.6 is 0 Å². The minimum atomic E-state index is 0.498. The third-order valence-electron chi connectivity index (χ3n) is 4.62. The summed E-state index contributed by atoms with van der Waals surface area (Å²) in [6.45, 7) is 4.62. The highest BCUT2D eigenvalue weighted by Crippen LogP contribution is 2.32. The van der Waals surface area contributed by atoms with Gasteiger partial charge in [-0.1, -0.05) is 43.3 Å². The van der Waals surface area contributed by atoms with E-state index in [1.807, 2.05) is 0 Å². The van der Waals surface area contributed by atoms with Gasteiger partial charge in [0.1, 0.15) is 5.75 Å². The van der Waals surface area contributed by atoms with Crippen molar-refractivity contribution in [2.75, 3.05) is 20.2 Å². The van der Waals surface area contributed by atoms with E-state index in [2.05, 4.69) is 60.4 Å². The molecule has 1 aliphatic rings. The minimum absolute atomic E-state index is 0.498. The monoisotopic (exact) mass is 295 g/mol. The van der Waals surface area contributed by atoms with Gasteiger partial charge in [0, 0.05) is 12.6 Å². The van der Waals surface area contributed by atoms with Crippen LogP contribution in [0.15, 0.2) is 48.5 Å². The maximum absolute atomic E-state index is 5.26. The van der Waals surface area contributed by atoms with Gasteiger partial charge in [0.2, 0.25) is 0 Å². The zero-order chi connectivity index (χ0) is 15.4. The van der Waals surface area contributed by atoms with Crippen LogP contribution in [0.2, 0.25) is 0 Å². The Morgan fingerprint density at radius 2 is 1.86 bits per heavy atom. The van der Waals surface area contributed by atoms with E-state index in [0.29, 0.717) is 6.04 Å². The summed E-state index contributed by atoms with van der Waals surface area (Å²) < 4.78 is 5.26. The van der Waals surface area contributed by atoms with Crippen LogP contribution in [0.1, 0.15) is 36.1 Å². The van der Waals surface area contributed by atoms with E-state index >= 15 is 0 Å². The molecule has 116 valence electrons. The summed E-state index contributed by atoms with van der Waals surface area (Å²) in [6.07, 6.45) is 3.46. The number of benzene rings is 2. The second-order valence-electron chi connectivity index (χ2n) is 6.05. The average Bonchev–Trinajstić information content (AvgIpc) is 2.58. The van der Waals surface area contributed by atoms with Crippen molar-refractivity contribution in [3.05, 3.63) is 65.2 Å². The van der Waals surface area contributed by atoms with Crippen LogP contribution in [-0.2, 0) is 12.8 Å². The molecule has 2 nitrogen and oxygen atoms in total. The molecule has 0 amide bonds. The molecule has 0 saturated carbocycles. The first-order valence-electron chi connectivity index (χ1n) is 8.26. The Kier molecular flexibility index (Phi) is 4.79. The van der Waals surface area contributed by atoms with Crippen LogP contribution in [0.3, 0.4) is 0 Å². The molecule has 2 aromatic rings. The lowest BCUT2D eigenvalue weighted by Gasteiger charge is -2.37. The SMILES string of the molecule is CCCN1CCc2ccccc2C1Cc1ccc(OC)cc1. The first kappa shape index (κ1) is 15.1. The van der Waals surface area contributed by atoms with Crippen molar-refractivity contribution >= 4 is 0 Å². The fraction of sp³-hybridized carbons (Fsp3) is 0.400. The van der Waals surface area contributed by atoms with Gasteiger partial charge in [-0.3, -0.25) is 4.90 Å². The molecule has 2 aromatic carbocycles. The van der Waals surface area contributed by atoms with Crippen molar-refractivity contribution in [2.45, 2.75) is 32.2 Å². The van der Waals surface area contributed by atoms with Crippen molar-refractivity contribution in [3.8, 4) is 5.75 Å². The summed E-state index contributed by atoms with van der Waals surface area (Å²) in [5.41, 5.74) is 4.41. The molecule has 1 heterocycles.